The molecule has 3 nitrogen and oxygen atoms in total. The molecule has 0 aromatic heterocycles. The second kappa shape index (κ2) is 9.38. The van der Waals surface area contributed by atoms with Crippen molar-refractivity contribution in [1.29, 1.82) is 0 Å². The number of hydrogen-bond acceptors (Lipinski definition) is 2. The first-order valence-corrected chi connectivity index (χ1v) is 9.28. The Bertz CT molecular complexity index is 995. The highest BCUT2D eigenvalue weighted by Crippen LogP contribution is 2.24. The molecule has 140 valence electrons. The number of nitrogens with zero attached hydrogens (tertiary/aromatic N) is 1. The Morgan fingerprint density at radius 1 is 0.821 bits per heavy atom. The van der Waals surface area contributed by atoms with Gasteiger partial charge in [-0.1, -0.05) is 77.8 Å². The van der Waals surface area contributed by atoms with E-state index in [9.17, 15) is 10.0 Å². The fraction of sp³-hybridized carbons (Fsp3) is 0. The molecule has 28 heavy (non-hydrogen) atoms. The van der Waals surface area contributed by atoms with Crippen molar-refractivity contribution in [2.24, 2.45) is 0 Å². The molecule has 1 N–H and O–H groups in total. The summed E-state index contributed by atoms with van der Waals surface area (Å²) in [5.41, 5.74) is 2.28. The molecule has 0 spiro atoms. The second-order valence-electron chi connectivity index (χ2n) is 5.95. The topological polar surface area (TPSA) is 40.5 Å². The number of benzene rings is 3. The lowest BCUT2D eigenvalue weighted by Gasteiger charge is -2.17. The van der Waals surface area contributed by atoms with E-state index in [-0.39, 0.29) is 0 Å². The third-order valence-electron chi connectivity index (χ3n) is 4.00. The van der Waals surface area contributed by atoms with Crippen LogP contribution in [0.3, 0.4) is 0 Å². The van der Waals surface area contributed by atoms with Crippen LogP contribution in [0, 0.1) is 0 Å². The van der Waals surface area contributed by atoms with Crippen LogP contribution < -0.4 is 5.06 Å². The van der Waals surface area contributed by atoms with Crippen LogP contribution in [0.25, 0.3) is 11.6 Å². The summed E-state index contributed by atoms with van der Waals surface area (Å²) in [6, 6.07) is 22.9. The van der Waals surface area contributed by atoms with Gasteiger partial charge in [-0.25, -0.2) is 0 Å². The van der Waals surface area contributed by atoms with E-state index in [1.165, 1.54) is 0 Å². The molecule has 0 saturated heterocycles. The van der Waals surface area contributed by atoms with Crippen molar-refractivity contribution < 1.29 is 10.0 Å². The minimum atomic E-state index is -0.567. The van der Waals surface area contributed by atoms with Crippen LogP contribution >= 0.6 is 23.2 Å². The van der Waals surface area contributed by atoms with Crippen molar-refractivity contribution >= 4 is 46.4 Å². The van der Waals surface area contributed by atoms with E-state index < -0.39 is 5.91 Å². The van der Waals surface area contributed by atoms with Gasteiger partial charge < -0.3 is 0 Å². The Morgan fingerprint density at radius 2 is 1.39 bits per heavy atom. The molecule has 0 unspecified atom stereocenters. The minimum Gasteiger partial charge on any atom is -0.281 e. The molecule has 0 aliphatic heterocycles. The maximum absolute atomic E-state index is 13.0. The van der Waals surface area contributed by atoms with E-state index in [0.717, 1.165) is 5.56 Å². The number of hydroxylamine groups is 1. The highest BCUT2D eigenvalue weighted by atomic mass is 35.5. The van der Waals surface area contributed by atoms with Gasteiger partial charge in [0.2, 0.25) is 0 Å². The summed E-state index contributed by atoms with van der Waals surface area (Å²) in [4.78, 5) is 13.0. The summed E-state index contributed by atoms with van der Waals surface area (Å²) in [7, 11) is 0. The standard InChI is InChI=1S/C23H17Cl2NO2/c24-19-11-9-18(10-12-19)22(8-4-7-17-5-2-1-3-6-17)23(27)26(28)21-15-13-20(25)14-16-21/h1-16,28H/b7-4+,22-8+. The Kier molecular flexibility index (Phi) is 6.66. The van der Waals surface area contributed by atoms with Crippen molar-refractivity contribution in [3.8, 4) is 0 Å². The number of carbonyl (C=O) groups excluding carboxylic acids is 1. The van der Waals surface area contributed by atoms with Gasteiger partial charge >= 0.3 is 0 Å². The van der Waals surface area contributed by atoms with Crippen molar-refractivity contribution in [2.75, 3.05) is 5.06 Å². The molecule has 0 heterocycles. The fourth-order valence-corrected chi connectivity index (χ4v) is 2.81. The zero-order valence-electron chi connectivity index (χ0n) is 14.8. The monoisotopic (exact) mass is 409 g/mol. The number of amides is 1. The summed E-state index contributed by atoms with van der Waals surface area (Å²) in [6.45, 7) is 0. The molecule has 0 atom stereocenters. The van der Waals surface area contributed by atoms with Gasteiger partial charge in [-0.2, -0.15) is 5.06 Å². The smallest absolute Gasteiger partial charge is 0.281 e. The van der Waals surface area contributed by atoms with E-state index in [0.29, 0.717) is 31.9 Å². The first-order valence-electron chi connectivity index (χ1n) is 8.53. The molecule has 0 radical (unpaired) electrons. The van der Waals surface area contributed by atoms with Gasteiger partial charge in [0.05, 0.1) is 5.69 Å². The van der Waals surface area contributed by atoms with Crippen LogP contribution in [0.15, 0.2) is 91.0 Å². The Balaban J connectivity index is 1.94. The normalized spacial score (nSPS) is 11.6. The van der Waals surface area contributed by atoms with E-state index in [2.05, 4.69) is 0 Å². The largest absolute Gasteiger partial charge is 0.282 e. The second-order valence-corrected chi connectivity index (χ2v) is 6.82. The summed E-state index contributed by atoms with van der Waals surface area (Å²) >= 11 is 11.8. The molecule has 0 saturated carbocycles. The third-order valence-corrected chi connectivity index (χ3v) is 4.50. The molecule has 0 aliphatic rings. The number of carbonyl (C=O) groups is 1. The number of halogens is 2. The van der Waals surface area contributed by atoms with Gasteiger partial charge in [-0.05, 0) is 53.6 Å². The van der Waals surface area contributed by atoms with Gasteiger partial charge in [0.1, 0.15) is 0 Å². The molecule has 3 aromatic rings. The lowest BCUT2D eigenvalue weighted by Crippen LogP contribution is -2.27. The number of anilines is 1. The number of hydrogen-bond donors (Lipinski definition) is 1. The average Bonchev–Trinajstić information content (AvgIpc) is 2.72. The van der Waals surface area contributed by atoms with E-state index in [1.54, 1.807) is 60.7 Å². The zero-order valence-corrected chi connectivity index (χ0v) is 16.3. The first-order chi connectivity index (χ1) is 13.5. The molecule has 5 heteroatoms. The molecule has 0 aliphatic carbocycles. The molecule has 3 aromatic carbocycles. The molecular weight excluding hydrogens is 393 g/mol. The first kappa shape index (κ1) is 19.9. The zero-order chi connectivity index (χ0) is 19.9. The lowest BCUT2D eigenvalue weighted by atomic mass is 10.0. The van der Waals surface area contributed by atoms with Gasteiger partial charge in [-0.15, -0.1) is 0 Å². The van der Waals surface area contributed by atoms with Crippen molar-refractivity contribution in [3.63, 3.8) is 0 Å². The summed E-state index contributed by atoms with van der Waals surface area (Å²) in [5, 5.41) is 12.1. The molecule has 1 amide bonds. The molecule has 0 fully saturated rings. The van der Waals surface area contributed by atoms with E-state index in [1.807, 2.05) is 36.4 Å². The summed E-state index contributed by atoms with van der Waals surface area (Å²) < 4.78 is 0. The number of allylic oxidation sites excluding steroid dienone is 2. The molecule has 0 bridgehead atoms. The molecular formula is C23H17Cl2NO2. The van der Waals surface area contributed by atoms with Gasteiger partial charge in [0, 0.05) is 15.6 Å². The van der Waals surface area contributed by atoms with Crippen molar-refractivity contribution in [3.05, 3.63) is 112 Å². The van der Waals surface area contributed by atoms with Crippen LogP contribution in [0.2, 0.25) is 10.0 Å². The van der Waals surface area contributed by atoms with Gasteiger partial charge in [0.15, 0.2) is 0 Å². The van der Waals surface area contributed by atoms with Gasteiger partial charge in [-0.3, -0.25) is 10.0 Å². The average molecular weight is 410 g/mol. The maximum Gasteiger partial charge on any atom is 0.282 e. The molecule has 3 rings (SSSR count). The Morgan fingerprint density at radius 3 is 2.00 bits per heavy atom. The highest BCUT2D eigenvalue weighted by Gasteiger charge is 2.19. The van der Waals surface area contributed by atoms with Crippen LogP contribution in [0.1, 0.15) is 11.1 Å². The quantitative estimate of drug-likeness (QED) is 0.225. The number of rotatable bonds is 5. The van der Waals surface area contributed by atoms with E-state index in [4.69, 9.17) is 23.2 Å². The third kappa shape index (κ3) is 5.11. The maximum atomic E-state index is 13.0. The predicted octanol–water partition coefficient (Wildman–Crippen LogP) is 6.51. The SMILES string of the molecule is O=C(/C(=C/C=C/c1ccccc1)c1ccc(Cl)cc1)N(O)c1ccc(Cl)cc1. The minimum absolute atomic E-state index is 0.321. The van der Waals surface area contributed by atoms with Gasteiger partial charge in [0.25, 0.3) is 5.91 Å². The van der Waals surface area contributed by atoms with Crippen LogP contribution in [0.5, 0.6) is 0 Å². The van der Waals surface area contributed by atoms with Crippen molar-refractivity contribution in [1.82, 2.24) is 0 Å². The van der Waals surface area contributed by atoms with Crippen LogP contribution in [-0.4, -0.2) is 11.1 Å². The lowest BCUT2D eigenvalue weighted by molar-refractivity contribution is -0.118. The summed E-state index contributed by atoms with van der Waals surface area (Å²) in [6.07, 6.45) is 5.32. The Labute approximate surface area is 173 Å². The Hall–Kier alpha value is -2.85. The van der Waals surface area contributed by atoms with E-state index >= 15 is 0 Å². The van der Waals surface area contributed by atoms with Crippen LogP contribution in [-0.2, 0) is 4.79 Å². The predicted molar refractivity (Wildman–Crippen MR) is 116 cm³/mol. The summed E-state index contributed by atoms with van der Waals surface area (Å²) in [5.74, 6) is -0.567. The fourth-order valence-electron chi connectivity index (χ4n) is 2.55. The van der Waals surface area contributed by atoms with Crippen molar-refractivity contribution in [2.45, 2.75) is 0 Å². The highest BCUT2D eigenvalue weighted by molar-refractivity contribution is 6.31. The van der Waals surface area contributed by atoms with Crippen LogP contribution in [0.4, 0.5) is 5.69 Å².